The van der Waals surface area contributed by atoms with Crippen LogP contribution in [0.4, 0.5) is 4.79 Å². The maximum atomic E-state index is 11.6. The molecule has 0 heterocycles. The number of rotatable bonds is 5. The van der Waals surface area contributed by atoms with Gasteiger partial charge in [0.05, 0.1) is 6.61 Å². The molecule has 2 amide bonds. The highest BCUT2D eigenvalue weighted by atomic mass is 16.5. The summed E-state index contributed by atoms with van der Waals surface area (Å²) in [5.74, 6) is 0.866. The summed E-state index contributed by atoms with van der Waals surface area (Å²) in [5, 5.41) is 5.68. The van der Waals surface area contributed by atoms with E-state index < -0.39 is 0 Å². The summed E-state index contributed by atoms with van der Waals surface area (Å²) in [6.45, 7) is 9.17. The zero-order valence-electron chi connectivity index (χ0n) is 12.2. The molecule has 1 aromatic rings. The standard InChI is InChI=1S/C15H24N2O2/c1-5-10-19-13-8-6-12(7-9-13)11-16-14(18)17-15(2,3)4/h6-9H,5,10-11H2,1-4H3,(H2,16,17,18). The highest BCUT2D eigenvalue weighted by molar-refractivity contribution is 5.74. The summed E-state index contributed by atoms with van der Waals surface area (Å²) in [5.41, 5.74) is 0.829. The second kappa shape index (κ2) is 7.02. The molecule has 0 aromatic heterocycles. The summed E-state index contributed by atoms with van der Waals surface area (Å²) < 4.78 is 5.50. The van der Waals surface area contributed by atoms with Crippen LogP contribution in [0.5, 0.6) is 5.75 Å². The van der Waals surface area contributed by atoms with E-state index >= 15 is 0 Å². The molecular formula is C15H24N2O2. The van der Waals surface area contributed by atoms with Crippen LogP contribution < -0.4 is 15.4 Å². The van der Waals surface area contributed by atoms with Crippen LogP contribution in [0.2, 0.25) is 0 Å². The smallest absolute Gasteiger partial charge is 0.315 e. The van der Waals surface area contributed by atoms with Crippen LogP contribution in [0.25, 0.3) is 0 Å². The highest BCUT2D eigenvalue weighted by Crippen LogP contribution is 2.12. The summed E-state index contributed by atoms with van der Waals surface area (Å²) in [7, 11) is 0. The van der Waals surface area contributed by atoms with E-state index in [0.717, 1.165) is 24.3 Å². The van der Waals surface area contributed by atoms with Crippen molar-refractivity contribution in [1.82, 2.24) is 10.6 Å². The van der Waals surface area contributed by atoms with Crippen molar-refractivity contribution in [2.75, 3.05) is 6.61 Å². The maximum absolute atomic E-state index is 11.6. The summed E-state index contributed by atoms with van der Waals surface area (Å²) in [6, 6.07) is 7.62. The van der Waals surface area contributed by atoms with Crippen LogP contribution in [0, 0.1) is 0 Å². The molecule has 1 rings (SSSR count). The molecule has 0 spiro atoms. The second-order valence-corrected chi connectivity index (χ2v) is 5.55. The van der Waals surface area contributed by atoms with Crippen molar-refractivity contribution < 1.29 is 9.53 Å². The Labute approximate surface area is 115 Å². The minimum Gasteiger partial charge on any atom is -0.494 e. The van der Waals surface area contributed by atoms with E-state index in [9.17, 15) is 4.79 Å². The molecule has 2 N–H and O–H groups in total. The molecular weight excluding hydrogens is 240 g/mol. The normalized spacial score (nSPS) is 10.9. The fourth-order valence-corrected chi connectivity index (χ4v) is 1.49. The minimum atomic E-state index is -0.220. The molecule has 19 heavy (non-hydrogen) atoms. The number of ether oxygens (including phenoxy) is 1. The lowest BCUT2D eigenvalue weighted by atomic mass is 10.1. The van der Waals surface area contributed by atoms with E-state index in [4.69, 9.17) is 4.74 Å². The number of benzene rings is 1. The van der Waals surface area contributed by atoms with Gasteiger partial charge in [0.1, 0.15) is 5.75 Å². The van der Waals surface area contributed by atoms with Gasteiger partial charge in [-0.2, -0.15) is 0 Å². The molecule has 0 aliphatic heterocycles. The van der Waals surface area contributed by atoms with E-state index in [1.807, 2.05) is 45.0 Å². The molecule has 0 saturated heterocycles. The van der Waals surface area contributed by atoms with Gasteiger partial charge >= 0.3 is 6.03 Å². The van der Waals surface area contributed by atoms with Crippen molar-refractivity contribution in [3.63, 3.8) is 0 Å². The molecule has 1 aromatic carbocycles. The predicted octanol–water partition coefficient (Wildman–Crippen LogP) is 3.07. The average molecular weight is 264 g/mol. The van der Waals surface area contributed by atoms with Crippen LogP contribution in [0.3, 0.4) is 0 Å². The quantitative estimate of drug-likeness (QED) is 0.858. The van der Waals surface area contributed by atoms with Gasteiger partial charge in [-0.3, -0.25) is 0 Å². The van der Waals surface area contributed by atoms with Crippen molar-refractivity contribution >= 4 is 6.03 Å². The Bertz CT molecular complexity index is 394. The van der Waals surface area contributed by atoms with Crippen LogP contribution in [0.1, 0.15) is 39.7 Å². The third-order valence-electron chi connectivity index (χ3n) is 2.34. The van der Waals surface area contributed by atoms with Crippen LogP contribution in [-0.2, 0) is 6.54 Å². The Balaban J connectivity index is 2.39. The Hall–Kier alpha value is -1.71. The molecule has 0 fully saturated rings. The van der Waals surface area contributed by atoms with E-state index in [1.165, 1.54) is 0 Å². The van der Waals surface area contributed by atoms with Gasteiger partial charge < -0.3 is 15.4 Å². The van der Waals surface area contributed by atoms with Crippen molar-refractivity contribution in [1.29, 1.82) is 0 Å². The molecule has 0 unspecified atom stereocenters. The predicted molar refractivity (Wildman–Crippen MR) is 77.4 cm³/mol. The monoisotopic (exact) mass is 264 g/mol. The zero-order chi connectivity index (χ0) is 14.3. The Kier molecular flexibility index (Phi) is 5.67. The first-order chi connectivity index (χ1) is 8.90. The number of carbonyl (C=O) groups excluding carboxylic acids is 1. The topological polar surface area (TPSA) is 50.4 Å². The summed E-state index contributed by atoms with van der Waals surface area (Å²) in [4.78, 5) is 11.6. The third-order valence-corrected chi connectivity index (χ3v) is 2.34. The lowest BCUT2D eigenvalue weighted by molar-refractivity contribution is 0.231. The molecule has 106 valence electrons. The molecule has 0 radical (unpaired) electrons. The number of hydrogen-bond donors (Lipinski definition) is 2. The van der Waals surface area contributed by atoms with E-state index in [1.54, 1.807) is 0 Å². The number of urea groups is 1. The molecule has 0 bridgehead atoms. The fraction of sp³-hybridized carbons (Fsp3) is 0.533. The van der Waals surface area contributed by atoms with E-state index in [-0.39, 0.29) is 11.6 Å². The van der Waals surface area contributed by atoms with E-state index in [0.29, 0.717) is 6.54 Å². The van der Waals surface area contributed by atoms with Gasteiger partial charge in [0.25, 0.3) is 0 Å². The van der Waals surface area contributed by atoms with Gasteiger partial charge in [-0.25, -0.2) is 4.79 Å². The summed E-state index contributed by atoms with van der Waals surface area (Å²) >= 11 is 0. The zero-order valence-corrected chi connectivity index (χ0v) is 12.2. The first-order valence-electron chi connectivity index (χ1n) is 6.68. The number of amides is 2. The molecule has 0 saturated carbocycles. The Morgan fingerprint density at radius 1 is 1.21 bits per heavy atom. The Morgan fingerprint density at radius 2 is 1.84 bits per heavy atom. The van der Waals surface area contributed by atoms with Crippen molar-refractivity contribution in [2.45, 2.75) is 46.2 Å². The van der Waals surface area contributed by atoms with Gasteiger partial charge in [0.15, 0.2) is 0 Å². The largest absolute Gasteiger partial charge is 0.494 e. The molecule has 0 aliphatic rings. The molecule has 4 heteroatoms. The maximum Gasteiger partial charge on any atom is 0.315 e. The van der Waals surface area contributed by atoms with E-state index in [2.05, 4.69) is 17.6 Å². The minimum absolute atomic E-state index is 0.154. The lowest BCUT2D eigenvalue weighted by Crippen LogP contribution is -2.46. The van der Waals surface area contributed by atoms with Gasteiger partial charge in [-0.1, -0.05) is 19.1 Å². The first-order valence-corrected chi connectivity index (χ1v) is 6.68. The number of nitrogens with one attached hydrogen (secondary N) is 2. The van der Waals surface area contributed by atoms with Crippen LogP contribution in [-0.4, -0.2) is 18.2 Å². The van der Waals surface area contributed by atoms with Crippen molar-refractivity contribution in [3.05, 3.63) is 29.8 Å². The first kappa shape index (κ1) is 15.3. The van der Waals surface area contributed by atoms with Gasteiger partial charge in [-0.05, 0) is 44.9 Å². The number of hydrogen-bond acceptors (Lipinski definition) is 2. The summed E-state index contributed by atoms with van der Waals surface area (Å²) in [6.07, 6.45) is 0.996. The van der Waals surface area contributed by atoms with Gasteiger partial charge in [0, 0.05) is 12.1 Å². The van der Waals surface area contributed by atoms with Gasteiger partial charge in [-0.15, -0.1) is 0 Å². The molecule has 4 nitrogen and oxygen atoms in total. The fourth-order valence-electron chi connectivity index (χ4n) is 1.49. The second-order valence-electron chi connectivity index (χ2n) is 5.55. The third kappa shape index (κ3) is 6.70. The molecule has 0 atom stereocenters. The molecule has 0 aliphatic carbocycles. The van der Waals surface area contributed by atoms with Crippen molar-refractivity contribution in [2.24, 2.45) is 0 Å². The average Bonchev–Trinajstić information content (AvgIpc) is 2.33. The number of carbonyl (C=O) groups is 1. The van der Waals surface area contributed by atoms with Crippen LogP contribution >= 0.6 is 0 Å². The lowest BCUT2D eigenvalue weighted by Gasteiger charge is -2.20. The highest BCUT2D eigenvalue weighted by Gasteiger charge is 2.12. The van der Waals surface area contributed by atoms with Gasteiger partial charge in [0.2, 0.25) is 0 Å². The van der Waals surface area contributed by atoms with Crippen molar-refractivity contribution in [3.8, 4) is 5.75 Å². The Morgan fingerprint density at radius 3 is 2.37 bits per heavy atom. The van der Waals surface area contributed by atoms with Crippen LogP contribution in [0.15, 0.2) is 24.3 Å². The SMILES string of the molecule is CCCOc1ccc(CNC(=O)NC(C)(C)C)cc1.